The number of carbonyl (C=O) groups is 2. The molecule has 2 amide bonds. The van der Waals surface area contributed by atoms with Crippen molar-refractivity contribution in [3.8, 4) is 0 Å². The number of furan rings is 1. The Morgan fingerprint density at radius 3 is 2.67 bits per heavy atom. The predicted octanol–water partition coefficient (Wildman–Crippen LogP) is 3.36. The molecule has 0 aliphatic rings. The first kappa shape index (κ1) is 15.8. The Labute approximate surface area is 139 Å². The van der Waals surface area contributed by atoms with Crippen molar-refractivity contribution in [1.82, 2.24) is 5.32 Å². The Balaban J connectivity index is 1.58. The second kappa shape index (κ2) is 7.00. The monoisotopic (exact) mass is 322 g/mol. The summed E-state index contributed by atoms with van der Waals surface area (Å²) in [7, 11) is 0. The molecular weight excluding hydrogens is 304 g/mol. The maximum atomic E-state index is 12.2. The number of nitrogens with one attached hydrogen (secondary N) is 2. The molecule has 2 aromatic carbocycles. The largest absolute Gasteiger partial charge is 0.461 e. The van der Waals surface area contributed by atoms with Crippen LogP contribution in [0.2, 0.25) is 0 Å². The number of anilines is 1. The van der Waals surface area contributed by atoms with Gasteiger partial charge in [0, 0.05) is 36.5 Å². The van der Waals surface area contributed by atoms with Gasteiger partial charge in [0.25, 0.3) is 5.91 Å². The smallest absolute Gasteiger partial charge is 0.251 e. The van der Waals surface area contributed by atoms with E-state index in [1.54, 1.807) is 24.3 Å². The zero-order valence-corrected chi connectivity index (χ0v) is 13.3. The Hall–Kier alpha value is -3.08. The normalized spacial score (nSPS) is 10.5. The number of fused-ring (bicyclic) bond motifs is 1. The van der Waals surface area contributed by atoms with Crippen molar-refractivity contribution in [2.75, 3.05) is 11.9 Å². The van der Waals surface area contributed by atoms with Gasteiger partial charge in [-0.1, -0.05) is 24.3 Å². The third-order valence-electron chi connectivity index (χ3n) is 3.58. The zero-order chi connectivity index (χ0) is 16.9. The van der Waals surface area contributed by atoms with Crippen LogP contribution in [0.4, 0.5) is 5.69 Å². The molecule has 0 atom stereocenters. The van der Waals surface area contributed by atoms with Gasteiger partial charge in [0.15, 0.2) is 0 Å². The first-order chi connectivity index (χ1) is 11.6. The molecule has 0 radical (unpaired) electrons. The van der Waals surface area contributed by atoms with Crippen molar-refractivity contribution in [2.45, 2.75) is 13.3 Å². The molecule has 0 saturated heterocycles. The second-order valence-electron chi connectivity index (χ2n) is 5.52. The van der Waals surface area contributed by atoms with Crippen LogP contribution in [-0.4, -0.2) is 18.4 Å². The van der Waals surface area contributed by atoms with Crippen LogP contribution in [0.1, 0.15) is 23.0 Å². The van der Waals surface area contributed by atoms with Crippen molar-refractivity contribution in [1.29, 1.82) is 0 Å². The number of benzene rings is 2. The molecule has 1 aromatic heterocycles. The first-order valence-electron chi connectivity index (χ1n) is 7.75. The Bertz CT molecular complexity index is 850. The van der Waals surface area contributed by atoms with Gasteiger partial charge in [-0.15, -0.1) is 0 Å². The van der Waals surface area contributed by atoms with E-state index in [9.17, 15) is 9.59 Å². The molecular formula is C19H18N2O3. The van der Waals surface area contributed by atoms with Crippen molar-refractivity contribution >= 4 is 28.5 Å². The molecule has 0 spiro atoms. The molecule has 0 fully saturated rings. The van der Waals surface area contributed by atoms with E-state index in [4.69, 9.17) is 4.42 Å². The molecule has 0 unspecified atom stereocenters. The van der Waals surface area contributed by atoms with Gasteiger partial charge in [-0.25, -0.2) is 0 Å². The van der Waals surface area contributed by atoms with Gasteiger partial charge in [-0.2, -0.15) is 0 Å². The summed E-state index contributed by atoms with van der Waals surface area (Å²) in [6.45, 7) is 1.91. The van der Waals surface area contributed by atoms with Gasteiger partial charge in [0.2, 0.25) is 5.91 Å². The third kappa shape index (κ3) is 3.81. The molecule has 3 aromatic rings. The summed E-state index contributed by atoms with van der Waals surface area (Å²) in [5.41, 5.74) is 1.96. The van der Waals surface area contributed by atoms with Gasteiger partial charge in [-0.05, 0) is 30.3 Å². The summed E-state index contributed by atoms with van der Waals surface area (Å²) in [5.74, 6) is 0.485. The summed E-state index contributed by atoms with van der Waals surface area (Å²) in [4.78, 5) is 23.3. The molecule has 0 aliphatic heterocycles. The number of rotatable bonds is 5. The predicted molar refractivity (Wildman–Crippen MR) is 93.0 cm³/mol. The molecule has 5 nitrogen and oxygen atoms in total. The molecule has 0 bridgehead atoms. The molecule has 24 heavy (non-hydrogen) atoms. The molecule has 2 N–H and O–H groups in total. The number of hydrogen-bond donors (Lipinski definition) is 2. The zero-order valence-electron chi connectivity index (χ0n) is 13.3. The van der Waals surface area contributed by atoms with Crippen molar-refractivity contribution in [3.05, 3.63) is 65.9 Å². The van der Waals surface area contributed by atoms with E-state index in [0.29, 0.717) is 24.2 Å². The Morgan fingerprint density at radius 2 is 1.88 bits per heavy atom. The van der Waals surface area contributed by atoms with Gasteiger partial charge in [0.05, 0.1) is 0 Å². The van der Waals surface area contributed by atoms with Crippen molar-refractivity contribution < 1.29 is 14.0 Å². The van der Waals surface area contributed by atoms with Crippen LogP contribution in [0.3, 0.4) is 0 Å². The lowest BCUT2D eigenvalue weighted by Gasteiger charge is -2.06. The number of hydrogen-bond acceptors (Lipinski definition) is 3. The standard InChI is InChI=1S/C19H18N2O3/c1-13(22)21-16-7-4-6-15(11-16)19(23)20-10-9-17-12-14-5-2-3-8-18(14)24-17/h2-8,11-12H,9-10H2,1H3,(H,20,23)(H,21,22). The van der Waals surface area contributed by atoms with E-state index in [0.717, 1.165) is 16.7 Å². The molecule has 122 valence electrons. The fourth-order valence-electron chi connectivity index (χ4n) is 2.50. The molecule has 5 heteroatoms. The van der Waals surface area contributed by atoms with Crippen molar-refractivity contribution in [2.24, 2.45) is 0 Å². The fraction of sp³-hybridized carbons (Fsp3) is 0.158. The number of para-hydroxylation sites is 1. The van der Waals surface area contributed by atoms with Gasteiger partial charge in [0.1, 0.15) is 11.3 Å². The van der Waals surface area contributed by atoms with Gasteiger partial charge in [-0.3, -0.25) is 9.59 Å². The first-order valence-corrected chi connectivity index (χ1v) is 7.75. The highest BCUT2D eigenvalue weighted by molar-refractivity contribution is 5.96. The van der Waals surface area contributed by atoms with E-state index in [1.165, 1.54) is 6.92 Å². The summed E-state index contributed by atoms with van der Waals surface area (Å²) in [6, 6.07) is 16.6. The van der Waals surface area contributed by atoms with Crippen molar-refractivity contribution in [3.63, 3.8) is 0 Å². The van der Waals surface area contributed by atoms with Crippen LogP contribution in [0.5, 0.6) is 0 Å². The summed E-state index contributed by atoms with van der Waals surface area (Å²) < 4.78 is 5.72. The van der Waals surface area contributed by atoms with Crippen LogP contribution in [0, 0.1) is 0 Å². The lowest BCUT2D eigenvalue weighted by molar-refractivity contribution is -0.114. The quantitative estimate of drug-likeness (QED) is 0.756. The maximum Gasteiger partial charge on any atom is 0.251 e. The summed E-state index contributed by atoms with van der Waals surface area (Å²) in [6.07, 6.45) is 0.617. The lowest BCUT2D eigenvalue weighted by Crippen LogP contribution is -2.25. The summed E-state index contributed by atoms with van der Waals surface area (Å²) >= 11 is 0. The highest BCUT2D eigenvalue weighted by Crippen LogP contribution is 2.18. The SMILES string of the molecule is CC(=O)Nc1cccc(C(=O)NCCc2cc3ccccc3o2)c1. The third-order valence-corrected chi connectivity index (χ3v) is 3.58. The minimum atomic E-state index is -0.182. The van der Waals surface area contributed by atoms with Crippen LogP contribution in [-0.2, 0) is 11.2 Å². The Morgan fingerprint density at radius 1 is 1.04 bits per heavy atom. The molecule has 3 rings (SSSR count). The van der Waals surface area contributed by atoms with E-state index in [1.807, 2.05) is 30.3 Å². The average Bonchev–Trinajstić information content (AvgIpc) is 2.97. The van der Waals surface area contributed by atoms with Crippen LogP contribution in [0.15, 0.2) is 59.0 Å². The molecule has 0 saturated carbocycles. The fourth-order valence-corrected chi connectivity index (χ4v) is 2.50. The van der Waals surface area contributed by atoms with Gasteiger partial charge < -0.3 is 15.1 Å². The van der Waals surface area contributed by atoms with Crippen LogP contribution >= 0.6 is 0 Å². The number of amides is 2. The molecule has 0 aliphatic carbocycles. The second-order valence-corrected chi connectivity index (χ2v) is 5.52. The maximum absolute atomic E-state index is 12.2. The van der Waals surface area contributed by atoms with Gasteiger partial charge >= 0.3 is 0 Å². The Kier molecular flexibility index (Phi) is 4.61. The van der Waals surface area contributed by atoms with E-state index in [-0.39, 0.29) is 11.8 Å². The number of carbonyl (C=O) groups excluding carboxylic acids is 2. The van der Waals surface area contributed by atoms with Crippen LogP contribution in [0.25, 0.3) is 11.0 Å². The highest BCUT2D eigenvalue weighted by Gasteiger charge is 2.08. The molecule has 1 heterocycles. The lowest BCUT2D eigenvalue weighted by atomic mass is 10.2. The average molecular weight is 322 g/mol. The van der Waals surface area contributed by atoms with E-state index >= 15 is 0 Å². The topological polar surface area (TPSA) is 71.3 Å². The van der Waals surface area contributed by atoms with Crippen LogP contribution < -0.4 is 10.6 Å². The summed E-state index contributed by atoms with van der Waals surface area (Å²) in [5, 5.41) is 6.58. The van der Waals surface area contributed by atoms with E-state index in [2.05, 4.69) is 10.6 Å². The minimum Gasteiger partial charge on any atom is -0.461 e. The highest BCUT2D eigenvalue weighted by atomic mass is 16.3. The van der Waals surface area contributed by atoms with E-state index < -0.39 is 0 Å². The minimum absolute atomic E-state index is 0.169.